The maximum atomic E-state index is 6.29. The highest BCUT2D eigenvalue weighted by Gasteiger charge is 2.58. The number of benzene rings is 22. The van der Waals surface area contributed by atoms with E-state index in [0.717, 1.165) is 106 Å². The minimum Gasteiger partial charge on any atom is -0.456 e. The van der Waals surface area contributed by atoms with Crippen LogP contribution in [0.1, 0.15) is 91.7 Å². The quantitative estimate of drug-likeness (QED) is 0.109. The summed E-state index contributed by atoms with van der Waals surface area (Å²) in [7, 11) is 0. The molecular weight excluding hydrogens is 1720 g/mol. The first-order valence-corrected chi connectivity index (χ1v) is 49.3. The Hall–Kier alpha value is -18.0. The number of fused-ring (bicyclic) bond motifs is 24. The van der Waals surface area contributed by atoms with Gasteiger partial charge in [0.2, 0.25) is 0 Å². The molecule has 0 fully saturated rings. The third kappa shape index (κ3) is 13.1. The monoisotopic (exact) mass is 1810 g/mol. The van der Waals surface area contributed by atoms with E-state index in [1.54, 1.807) is 0 Å². The number of hydrogen-bond acceptors (Lipinski definition) is 4. The third-order valence-electron chi connectivity index (χ3n) is 31.0. The van der Waals surface area contributed by atoms with Crippen molar-refractivity contribution in [3.63, 3.8) is 0 Å². The number of hydrogen-bond donors (Lipinski definition) is 0. The molecule has 0 bridgehead atoms. The predicted molar refractivity (Wildman–Crippen MR) is 588 cm³/mol. The molecule has 28 rings (SSSR count). The molecule has 4 nitrogen and oxygen atoms in total. The van der Waals surface area contributed by atoms with Gasteiger partial charge in [-0.2, -0.15) is 0 Å². The molecule has 2 spiro atoms. The van der Waals surface area contributed by atoms with Gasteiger partial charge in [-0.15, -0.1) is 0 Å². The highest BCUT2D eigenvalue weighted by Crippen LogP contribution is 2.67. The molecule has 2 aromatic heterocycles. The molecule has 0 saturated carbocycles. The molecule has 2 heterocycles. The summed E-state index contributed by atoms with van der Waals surface area (Å²) in [5.41, 5.74) is 46.4. The van der Waals surface area contributed by atoms with Crippen LogP contribution >= 0.6 is 0 Å². The van der Waals surface area contributed by atoms with E-state index in [1.165, 1.54) is 139 Å². The highest BCUT2D eigenvalue weighted by atomic mass is 16.3. The fraction of sp³-hybridized carbons (Fsp3) is 0.0435. The Morgan fingerprint density at radius 2 is 0.366 bits per heavy atom. The first-order valence-electron chi connectivity index (χ1n) is 49.3. The van der Waals surface area contributed by atoms with Gasteiger partial charge in [-0.25, -0.2) is 0 Å². The van der Waals surface area contributed by atoms with Gasteiger partial charge < -0.3 is 18.6 Å². The van der Waals surface area contributed by atoms with Crippen LogP contribution in [0.3, 0.4) is 0 Å². The Morgan fingerprint density at radius 3 is 0.697 bits per heavy atom. The zero-order chi connectivity index (χ0) is 94.2. The minimum absolute atomic E-state index is 0.122. The molecule has 0 N–H and O–H groups in total. The van der Waals surface area contributed by atoms with Gasteiger partial charge in [-0.1, -0.05) is 426 Å². The van der Waals surface area contributed by atoms with Crippen molar-refractivity contribution in [3.8, 4) is 89.0 Å². The van der Waals surface area contributed by atoms with E-state index in [9.17, 15) is 0 Å². The van der Waals surface area contributed by atoms with E-state index >= 15 is 0 Å². The van der Waals surface area contributed by atoms with Crippen molar-refractivity contribution >= 4 is 78.0 Å². The van der Waals surface area contributed by atoms with Crippen molar-refractivity contribution in [3.05, 3.63) is 612 Å². The first-order chi connectivity index (χ1) is 70.1. The molecule has 0 radical (unpaired) electrons. The summed E-state index contributed by atoms with van der Waals surface area (Å²) < 4.78 is 12.6. The third-order valence-corrected chi connectivity index (χ3v) is 31.0. The molecule has 24 aromatic rings. The molecule has 142 heavy (non-hydrogen) atoms. The standard InChI is InChI=1S/C74H49NO.C64H45NO/c1-4-18-50(19-5-1)51-32-40-58(41-33-51)75(60-44-36-53(37-45-60)55-38-46-63-62-25-11-17-31-71(62)76-72(63)49-55)59-42-34-52(35-43-59)54-39-47-66-64(48-54)61-24-10-12-26-65(61)74(66)69-29-15-13-27-67(69)73(56-20-6-2-7-21-56,57-22-8-3-9-23-57)68-28-14-16-30-70(68)74;1-63(2)57-19-9-11-21-59(57)64(60-22-12-10-20-58(60)63)55-18-8-6-16-51(55)54-40-46(31-39-56(54)64)44-26-34-49(35-27-44)65(48-32-24-43(25-33-48)42-14-4-3-5-15-42)50-36-28-45(29-37-50)47-30-38-53-52-17-7-13-23-61(52)66-62(53)41-47/h1-49H;3-41H,1-2H3. The van der Waals surface area contributed by atoms with Crippen LogP contribution in [-0.4, -0.2) is 0 Å². The van der Waals surface area contributed by atoms with Gasteiger partial charge in [0.05, 0.1) is 16.2 Å². The minimum atomic E-state index is -0.541. The Morgan fingerprint density at radius 1 is 0.148 bits per heavy atom. The van der Waals surface area contributed by atoms with Crippen molar-refractivity contribution in [1.82, 2.24) is 0 Å². The van der Waals surface area contributed by atoms with E-state index in [0.29, 0.717) is 0 Å². The molecule has 0 amide bonds. The Bertz CT molecular complexity index is 8870. The van der Waals surface area contributed by atoms with Crippen LogP contribution in [0, 0.1) is 0 Å². The molecule has 22 aromatic carbocycles. The van der Waals surface area contributed by atoms with Gasteiger partial charge in [0.25, 0.3) is 0 Å². The van der Waals surface area contributed by atoms with E-state index < -0.39 is 16.2 Å². The highest BCUT2D eigenvalue weighted by molar-refractivity contribution is 6.08. The van der Waals surface area contributed by atoms with Crippen LogP contribution in [0.25, 0.3) is 133 Å². The van der Waals surface area contributed by atoms with Crippen LogP contribution < -0.4 is 9.80 Å². The van der Waals surface area contributed by atoms with Gasteiger partial charge in [-0.05, 0) is 288 Å². The zero-order valence-electron chi connectivity index (χ0n) is 78.5. The second-order valence-electron chi connectivity index (χ2n) is 38.7. The van der Waals surface area contributed by atoms with Crippen LogP contribution in [0.15, 0.2) is 543 Å². The van der Waals surface area contributed by atoms with Crippen molar-refractivity contribution in [2.75, 3.05) is 9.80 Å². The summed E-state index contributed by atoms with van der Waals surface area (Å²) in [4.78, 5) is 4.71. The van der Waals surface area contributed by atoms with E-state index in [-0.39, 0.29) is 5.41 Å². The summed E-state index contributed by atoms with van der Waals surface area (Å²) in [5.74, 6) is 0. The van der Waals surface area contributed by atoms with Crippen LogP contribution in [0.2, 0.25) is 0 Å². The second-order valence-corrected chi connectivity index (χ2v) is 38.7. The lowest BCUT2D eigenvalue weighted by atomic mass is 9.51. The lowest BCUT2D eigenvalue weighted by molar-refractivity contribution is 0.563. The van der Waals surface area contributed by atoms with Crippen LogP contribution in [-0.2, 0) is 21.7 Å². The average molecular weight is 1810 g/mol. The van der Waals surface area contributed by atoms with Crippen LogP contribution in [0.5, 0.6) is 0 Å². The molecule has 4 aliphatic rings. The number of rotatable bonds is 14. The molecule has 4 heteroatoms. The van der Waals surface area contributed by atoms with Gasteiger partial charge in [0, 0.05) is 61.1 Å². The lowest BCUT2D eigenvalue weighted by Crippen LogP contribution is -2.44. The van der Waals surface area contributed by atoms with E-state index in [4.69, 9.17) is 8.83 Å². The summed E-state index contributed by atoms with van der Waals surface area (Å²) in [6.07, 6.45) is 0. The van der Waals surface area contributed by atoms with Gasteiger partial charge in [0.15, 0.2) is 0 Å². The predicted octanol–water partition coefficient (Wildman–Crippen LogP) is 36.2. The van der Waals surface area contributed by atoms with Gasteiger partial charge in [0.1, 0.15) is 22.3 Å². The smallest absolute Gasteiger partial charge is 0.136 e. The first kappa shape index (κ1) is 83.4. The average Bonchev–Trinajstić information content (AvgIpc) is 1.43. The summed E-state index contributed by atoms with van der Waals surface area (Å²) >= 11 is 0. The Balaban J connectivity index is 0.000000143. The molecule has 0 saturated heterocycles. The maximum absolute atomic E-state index is 6.29. The summed E-state index contributed by atoms with van der Waals surface area (Å²) in [6.45, 7) is 4.76. The fourth-order valence-corrected chi connectivity index (χ4v) is 24.6. The number of anilines is 6. The SMILES string of the molecule is CC1(C)c2ccccc2C2(c3ccccc3-c3cc(-c4ccc(N(c5ccc(-c6ccccc6)cc5)c5ccc(-c6ccc7c(c6)oc6ccccc67)cc5)cc4)ccc32)c2ccccc21.c1ccc(-c2ccc(N(c3ccc(-c4ccc5c(c4)-c4ccccc4C54c5ccccc5C(c5ccccc5)(c5ccccc5)c5ccccc54)cc3)c3ccc(-c4ccc5c(c4)oc4ccccc45)cc3)cc2)cc1. The maximum Gasteiger partial charge on any atom is 0.136 e. The molecule has 0 unspecified atom stereocenters. The lowest BCUT2D eigenvalue weighted by Gasteiger charge is -2.50. The van der Waals surface area contributed by atoms with Crippen molar-refractivity contribution in [1.29, 1.82) is 0 Å². The molecule has 0 aliphatic heterocycles. The summed E-state index contributed by atoms with van der Waals surface area (Å²) in [5, 5.41) is 4.55. The Labute approximate surface area is 827 Å². The Kier molecular flexibility index (Phi) is 19.7. The van der Waals surface area contributed by atoms with Gasteiger partial charge >= 0.3 is 0 Å². The molecule has 668 valence electrons. The van der Waals surface area contributed by atoms with Crippen molar-refractivity contribution in [2.45, 2.75) is 35.5 Å². The van der Waals surface area contributed by atoms with E-state index in [2.05, 4.69) is 533 Å². The van der Waals surface area contributed by atoms with Gasteiger partial charge in [-0.3, -0.25) is 0 Å². The fourth-order valence-electron chi connectivity index (χ4n) is 24.6. The summed E-state index contributed by atoms with van der Waals surface area (Å²) in [6, 6.07) is 196. The topological polar surface area (TPSA) is 32.8 Å². The molecule has 0 atom stereocenters. The van der Waals surface area contributed by atoms with Crippen molar-refractivity contribution < 1.29 is 8.83 Å². The van der Waals surface area contributed by atoms with Crippen LogP contribution in [0.4, 0.5) is 34.1 Å². The molecule has 4 aliphatic carbocycles. The number of furan rings is 2. The second kappa shape index (κ2) is 33.5. The molecular formula is C138H94N2O2. The zero-order valence-corrected chi connectivity index (χ0v) is 78.5. The number of nitrogens with zero attached hydrogens (tertiary/aromatic N) is 2. The number of para-hydroxylation sites is 2. The normalized spacial score (nSPS) is 13.6. The van der Waals surface area contributed by atoms with E-state index in [1.807, 2.05) is 24.3 Å². The van der Waals surface area contributed by atoms with Crippen molar-refractivity contribution in [2.24, 2.45) is 0 Å². The largest absolute Gasteiger partial charge is 0.456 e.